The van der Waals surface area contributed by atoms with Gasteiger partial charge in [-0.15, -0.1) is 0 Å². The van der Waals surface area contributed by atoms with Crippen molar-refractivity contribution < 1.29 is 9.59 Å². The van der Waals surface area contributed by atoms with Crippen molar-refractivity contribution in [2.75, 3.05) is 18.4 Å². The third-order valence-electron chi connectivity index (χ3n) is 6.48. The van der Waals surface area contributed by atoms with Crippen molar-refractivity contribution in [3.05, 3.63) is 82.8 Å². The molecule has 1 saturated heterocycles. The van der Waals surface area contributed by atoms with Gasteiger partial charge in [0.1, 0.15) is 0 Å². The zero-order valence-corrected chi connectivity index (χ0v) is 19.1. The number of hydrogen-bond donors (Lipinski definition) is 1. The van der Waals surface area contributed by atoms with Crippen LogP contribution in [0.15, 0.2) is 66.0 Å². The maximum absolute atomic E-state index is 13.1. The highest BCUT2D eigenvalue weighted by atomic mass is 16.2. The van der Waals surface area contributed by atoms with Crippen molar-refractivity contribution in [3.8, 4) is 0 Å². The molecule has 1 aliphatic heterocycles. The quantitative estimate of drug-likeness (QED) is 0.496. The molecule has 1 fully saturated rings. The maximum atomic E-state index is 13.1. The van der Waals surface area contributed by atoms with E-state index in [0.717, 1.165) is 16.8 Å². The molecule has 34 heavy (non-hydrogen) atoms. The predicted octanol–water partition coefficient (Wildman–Crippen LogP) is 2.22. The Balaban J connectivity index is 1.25. The molecule has 0 bridgehead atoms. The van der Waals surface area contributed by atoms with Gasteiger partial charge >= 0.3 is 5.69 Å². The Bertz CT molecular complexity index is 1430. The Hall–Kier alpha value is -4.14. The molecule has 174 valence electrons. The number of aromatic nitrogens is 4. The Morgan fingerprint density at radius 3 is 2.71 bits per heavy atom. The van der Waals surface area contributed by atoms with E-state index in [1.54, 1.807) is 54.3 Å². The number of fused-ring (bicyclic) bond motifs is 1. The van der Waals surface area contributed by atoms with Crippen LogP contribution in [0.1, 0.15) is 22.3 Å². The molecule has 1 N–H and O–H groups in total. The summed E-state index contributed by atoms with van der Waals surface area (Å²) in [5.41, 5.74) is 3.67. The van der Waals surface area contributed by atoms with E-state index in [2.05, 4.69) is 10.3 Å². The molecule has 4 aromatic rings. The van der Waals surface area contributed by atoms with Gasteiger partial charge in [-0.3, -0.25) is 18.7 Å². The van der Waals surface area contributed by atoms with Gasteiger partial charge in [0.2, 0.25) is 5.91 Å². The fourth-order valence-electron chi connectivity index (χ4n) is 4.56. The fourth-order valence-corrected chi connectivity index (χ4v) is 4.56. The molecule has 5 rings (SSSR count). The zero-order valence-electron chi connectivity index (χ0n) is 19.1. The summed E-state index contributed by atoms with van der Waals surface area (Å²) >= 11 is 0. The molecule has 0 spiro atoms. The van der Waals surface area contributed by atoms with Crippen LogP contribution in [0.5, 0.6) is 0 Å². The number of likely N-dealkylation sites (tertiary alicyclic amines) is 1. The van der Waals surface area contributed by atoms with Gasteiger partial charge in [-0.1, -0.05) is 12.1 Å². The lowest BCUT2D eigenvalue weighted by molar-refractivity contribution is -0.119. The van der Waals surface area contributed by atoms with Gasteiger partial charge in [-0.25, -0.2) is 9.78 Å². The number of imidazole rings is 2. The third-order valence-corrected chi connectivity index (χ3v) is 6.48. The minimum Gasteiger partial charge on any atom is -0.338 e. The molecule has 9 nitrogen and oxygen atoms in total. The molecule has 0 radical (unpaired) electrons. The van der Waals surface area contributed by atoms with Crippen LogP contribution in [0.25, 0.3) is 11.0 Å². The number of hydrogen-bond acceptors (Lipinski definition) is 4. The number of anilines is 1. The van der Waals surface area contributed by atoms with E-state index in [9.17, 15) is 14.4 Å². The Morgan fingerprint density at radius 1 is 1.09 bits per heavy atom. The molecule has 1 atom stereocenters. The minimum absolute atomic E-state index is 0.0870. The van der Waals surface area contributed by atoms with Crippen LogP contribution in [0, 0.1) is 5.92 Å². The van der Waals surface area contributed by atoms with Crippen LogP contribution in [0.2, 0.25) is 0 Å². The molecule has 0 saturated carbocycles. The highest BCUT2D eigenvalue weighted by Crippen LogP contribution is 2.23. The summed E-state index contributed by atoms with van der Waals surface area (Å²) in [5, 5.41) is 3.00. The molecule has 2 aromatic carbocycles. The SMILES string of the molecule is Cn1c(=O)n(C)c2cc(C(=O)N3CCC(C(=O)Nc4cccc(Cn5ccnc5)c4)C3)ccc21. The van der Waals surface area contributed by atoms with Crippen LogP contribution in [0.3, 0.4) is 0 Å². The second kappa shape index (κ2) is 8.66. The number of rotatable bonds is 5. The molecular weight excluding hydrogens is 432 g/mol. The first-order valence-electron chi connectivity index (χ1n) is 11.2. The van der Waals surface area contributed by atoms with Crippen LogP contribution in [-0.2, 0) is 25.4 Å². The van der Waals surface area contributed by atoms with Gasteiger partial charge in [0.25, 0.3) is 5.91 Å². The maximum Gasteiger partial charge on any atom is 0.328 e. The average Bonchev–Trinajstić information content (AvgIpc) is 3.58. The van der Waals surface area contributed by atoms with Gasteiger partial charge in [0, 0.05) is 57.4 Å². The molecule has 2 aromatic heterocycles. The van der Waals surface area contributed by atoms with Gasteiger partial charge in [0.05, 0.1) is 23.3 Å². The second-order valence-corrected chi connectivity index (χ2v) is 8.77. The first-order valence-corrected chi connectivity index (χ1v) is 11.2. The third kappa shape index (κ3) is 4.00. The van der Waals surface area contributed by atoms with Gasteiger partial charge < -0.3 is 14.8 Å². The molecule has 0 aliphatic carbocycles. The van der Waals surface area contributed by atoms with E-state index in [4.69, 9.17) is 0 Å². The first-order chi connectivity index (χ1) is 16.4. The molecular formula is C25H26N6O3. The normalized spacial score (nSPS) is 15.7. The van der Waals surface area contributed by atoms with E-state index in [1.165, 1.54) is 4.57 Å². The summed E-state index contributed by atoms with van der Waals surface area (Å²) in [5.74, 6) is -0.488. The van der Waals surface area contributed by atoms with E-state index < -0.39 is 0 Å². The zero-order chi connectivity index (χ0) is 23.8. The lowest BCUT2D eigenvalue weighted by atomic mass is 10.1. The van der Waals surface area contributed by atoms with E-state index in [0.29, 0.717) is 37.1 Å². The highest BCUT2D eigenvalue weighted by Gasteiger charge is 2.31. The number of nitrogens with zero attached hydrogens (tertiary/aromatic N) is 5. The topological polar surface area (TPSA) is 94.2 Å². The van der Waals surface area contributed by atoms with Crippen molar-refractivity contribution in [1.29, 1.82) is 0 Å². The fraction of sp³-hybridized carbons (Fsp3) is 0.280. The lowest BCUT2D eigenvalue weighted by Crippen LogP contribution is -2.31. The average molecular weight is 459 g/mol. The lowest BCUT2D eigenvalue weighted by Gasteiger charge is -2.17. The summed E-state index contributed by atoms with van der Waals surface area (Å²) in [4.78, 5) is 44.0. The van der Waals surface area contributed by atoms with Gasteiger partial charge in [-0.05, 0) is 42.3 Å². The van der Waals surface area contributed by atoms with Crippen LogP contribution in [-0.4, -0.2) is 48.5 Å². The Labute approximate surface area is 196 Å². The van der Waals surface area contributed by atoms with Crippen molar-refractivity contribution in [3.63, 3.8) is 0 Å². The number of amides is 2. The smallest absolute Gasteiger partial charge is 0.328 e. The first kappa shape index (κ1) is 21.7. The molecule has 9 heteroatoms. The van der Waals surface area contributed by atoms with Crippen LogP contribution < -0.4 is 11.0 Å². The molecule has 1 aliphatic rings. The minimum atomic E-state index is -0.272. The summed E-state index contributed by atoms with van der Waals surface area (Å²) in [6.45, 7) is 1.56. The predicted molar refractivity (Wildman–Crippen MR) is 129 cm³/mol. The van der Waals surface area contributed by atoms with Crippen molar-refractivity contribution in [2.24, 2.45) is 20.0 Å². The number of carbonyl (C=O) groups is 2. The highest BCUT2D eigenvalue weighted by molar-refractivity contribution is 5.99. The largest absolute Gasteiger partial charge is 0.338 e. The summed E-state index contributed by atoms with van der Waals surface area (Å²) in [6.07, 6.45) is 5.99. The van der Waals surface area contributed by atoms with Crippen LogP contribution >= 0.6 is 0 Å². The second-order valence-electron chi connectivity index (χ2n) is 8.77. The van der Waals surface area contributed by atoms with Crippen molar-refractivity contribution >= 4 is 28.5 Å². The van der Waals surface area contributed by atoms with Crippen molar-refractivity contribution in [2.45, 2.75) is 13.0 Å². The summed E-state index contributed by atoms with van der Waals surface area (Å²) in [7, 11) is 3.41. The molecule has 2 amide bonds. The van der Waals surface area contributed by atoms with Crippen molar-refractivity contribution in [1.82, 2.24) is 23.6 Å². The standard InChI is InChI=1S/C25H26N6O3/c1-28-21-7-6-18(13-22(21)29(2)25(28)34)24(33)31-10-8-19(15-31)23(32)27-20-5-3-4-17(12-20)14-30-11-9-26-16-30/h3-7,9,11-13,16,19H,8,10,14-15H2,1-2H3,(H,27,32). The summed E-state index contributed by atoms with van der Waals surface area (Å²) < 4.78 is 5.06. The van der Waals surface area contributed by atoms with E-state index in [1.807, 2.05) is 35.0 Å². The van der Waals surface area contributed by atoms with E-state index in [-0.39, 0.29) is 23.4 Å². The number of aryl methyl sites for hydroxylation is 2. The monoisotopic (exact) mass is 458 g/mol. The molecule has 3 heterocycles. The van der Waals surface area contributed by atoms with Crippen LogP contribution in [0.4, 0.5) is 5.69 Å². The Morgan fingerprint density at radius 2 is 1.91 bits per heavy atom. The number of benzene rings is 2. The number of carbonyl (C=O) groups excluding carboxylic acids is 2. The molecule has 1 unspecified atom stereocenters. The van der Waals surface area contributed by atoms with E-state index >= 15 is 0 Å². The Kier molecular flexibility index (Phi) is 5.53. The van der Waals surface area contributed by atoms with Gasteiger partial charge in [-0.2, -0.15) is 0 Å². The number of nitrogens with one attached hydrogen (secondary N) is 1. The summed E-state index contributed by atoms with van der Waals surface area (Å²) in [6, 6.07) is 13.0. The van der Waals surface area contributed by atoms with Gasteiger partial charge in [0.15, 0.2) is 0 Å².